The molecule has 0 amide bonds. The van der Waals surface area contributed by atoms with Crippen LogP contribution in [0.5, 0.6) is 11.6 Å². The van der Waals surface area contributed by atoms with Crippen LogP contribution in [0.1, 0.15) is 23.1 Å². The molecule has 3 aromatic carbocycles. The second-order valence-electron chi connectivity index (χ2n) is 10.7. The fourth-order valence-corrected chi connectivity index (χ4v) is 6.89. The van der Waals surface area contributed by atoms with Crippen molar-refractivity contribution in [2.24, 2.45) is 0 Å². The van der Waals surface area contributed by atoms with Crippen LogP contribution in [0.2, 0.25) is 0 Å². The number of aromatic nitrogens is 3. The van der Waals surface area contributed by atoms with Crippen molar-refractivity contribution in [3.05, 3.63) is 108 Å². The van der Waals surface area contributed by atoms with E-state index in [0.717, 1.165) is 21.9 Å². The predicted molar refractivity (Wildman–Crippen MR) is 167 cm³/mol. The van der Waals surface area contributed by atoms with E-state index in [4.69, 9.17) is 4.74 Å². The number of nitrogens with one attached hydrogen (secondary N) is 2. The lowest BCUT2D eigenvalue weighted by Crippen LogP contribution is -2.46. The van der Waals surface area contributed by atoms with Gasteiger partial charge in [0.25, 0.3) is 0 Å². The van der Waals surface area contributed by atoms with Gasteiger partial charge in [0.15, 0.2) is 9.84 Å². The minimum atomic E-state index is -3.42. The lowest BCUT2D eigenvalue weighted by molar-refractivity contribution is 0.240. The molecule has 1 aliphatic rings. The molecule has 2 aromatic heterocycles. The number of piperidine rings is 1. The molecule has 6 rings (SSSR count). The van der Waals surface area contributed by atoms with Crippen LogP contribution in [-0.2, 0) is 21.3 Å². The molecule has 1 aliphatic heterocycles. The topological polar surface area (TPSA) is 106 Å². The van der Waals surface area contributed by atoms with Gasteiger partial charge in [0, 0.05) is 24.3 Å². The fraction of sp³-hybridized carbons (Fsp3) is 0.242. The van der Waals surface area contributed by atoms with Gasteiger partial charge in [0.2, 0.25) is 11.8 Å². The predicted octanol–water partition coefficient (Wildman–Crippen LogP) is 6.02. The summed E-state index contributed by atoms with van der Waals surface area (Å²) in [4.78, 5) is 13.5. The highest BCUT2D eigenvalue weighted by Crippen LogP contribution is 2.38. The quantitative estimate of drug-likeness (QED) is 0.213. The van der Waals surface area contributed by atoms with Crippen molar-refractivity contribution in [3.8, 4) is 22.9 Å². The van der Waals surface area contributed by atoms with E-state index in [2.05, 4.69) is 25.6 Å². The third-order valence-corrected chi connectivity index (χ3v) is 9.04. The largest absolute Gasteiger partial charge is 0.437 e. The first-order valence-electron chi connectivity index (χ1n) is 14.2. The minimum absolute atomic E-state index is 0.0320. The van der Waals surface area contributed by atoms with Crippen molar-refractivity contribution in [1.82, 2.24) is 20.3 Å². The summed E-state index contributed by atoms with van der Waals surface area (Å²) in [6, 6.07) is 23.7. The van der Waals surface area contributed by atoms with Crippen LogP contribution < -0.4 is 15.4 Å². The van der Waals surface area contributed by atoms with E-state index in [9.17, 15) is 12.8 Å². The van der Waals surface area contributed by atoms with Crippen molar-refractivity contribution < 1.29 is 17.5 Å². The van der Waals surface area contributed by atoms with Gasteiger partial charge in [-0.2, -0.15) is 0 Å². The Hall–Kier alpha value is -4.41. The van der Waals surface area contributed by atoms with E-state index in [1.807, 2.05) is 73.7 Å². The maximum atomic E-state index is 14.4. The molecule has 3 heterocycles. The molecule has 5 aromatic rings. The molecular formula is C33H32FN5O3S. The molecule has 8 nitrogen and oxygen atoms in total. The van der Waals surface area contributed by atoms with E-state index in [-0.39, 0.29) is 11.5 Å². The van der Waals surface area contributed by atoms with Gasteiger partial charge in [-0.1, -0.05) is 60.7 Å². The van der Waals surface area contributed by atoms with E-state index < -0.39 is 22.1 Å². The third-order valence-electron chi connectivity index (χ3n) is 7.52. The number of benzene rings is 3. The third kappa shape index (κ3) is 6.65. The van der Waals surface area contributed by atoms with Gasteiger partial charge < -0.3 is 15.4 Å². The number of hydrogen-bond donors (Lipinski definition) is 2. The van der Waals surface area contributed by atoms with Crippen molar-refractivity contribution in [3.63, 3.8) is 0 Å². The summed E-state index contributed by atoms with van der Waals surface area (Å²) < 4.78 is 47.2. The molecule has 43 heavy (non-hydrogen) atoms. The number of halogens is 1. The minimum Gasteiger partial charge on any atom is -0.437 e. The molecule has 2 N–H and O–H groups in total. The standard InChI is InChI=1S/C33H32FN5O3S/c1-22-12-13-25-24(21-43(40,41)20-23-7-3-2-4-8-23)9-5-10-26(25)31(22)42-32-27(11-6-16-36-32)29-15-18-37-33(38-29)39-30-19-35-17-14-28(30)34/h2-13,15-16,18,28,30,35H,14,17,19-21H2,1H3,(H,37,38,39). The first-order chi connectivity index (χ1) is 20.9. The molecule has 0 saturated carbocycles. The smallest absolute Gasteiger partial charge is 0.228 e. The van der Waals surface area contributed by atoms with E-state index >= 15 is 0 Å². The number of nitrogens with zero attached hydrogens (tertiary/aromatic N) is 3. The van der Waals surface area contributed by atoms with Gasteiger partial charge in [-0.3, -0.25) is 0 Å². The van der Waals surface area contributed by atoms with Gasteiger partial charge in [-0.15, -0.1) is 0 Å². The highest BCUT2D eigenvalue weighted by atomic mass is 32.2. The molecule has 10 heteroatoms. The number of anilines is 1. The van der Waals surface area contributed by atoms with Crippen LogP contribution in [0.15, 0.2) is 91.3 Å². The highest BCUT2D eigenvalue weighted by Gasteiger charge is 2.25. The Labute approximate surface area is 250 Å². The molecular weight excluding hydrogens is 565 g/mol. The Morgan fingerprint density at radius 1 is 0.930 bits per heavy atom. The monoisotopic (exact) mass is 597 g/mol. The lowest BCUT2D eigenvalue weighted by atomic mass is 10.0. The number of rotatable bonds is 9. The zero-order valence-corrected chi connectivity index (χ0v) is 24.5. The Morgan fingerprint density at radius 3 is 2.63 bits per heavy atom. The molecule has 0 bridgehead atoms. The SMILES string of the molecule is Cc1ccc2c(CS(=O)(=O)Cc3ccccc3)cccc2c1Oc1ncccc1-c1ccnc(NC2CNCCC2F)n1. The Kier molecular flexibility index (Phi) is 8.31. The van der Waals surface area contributed by atoms with Gasteiger partial charge in [-0.25, -0.2) is 27.8 Å². The van der Waals surface area contributed by atoms with Crippen LogP contribution in [0.4, 0.5) is 10.3 Å². The fourth-order valence-electron chi connectivity index (χ4n) is 5.36. The van der Waals surface area contributed by atoms with Gasteiger partial charge in [0.05, 0.1) is 28.8 Å². The molecule has 0 aliphatic carbocycles. The molecule has 0 radical (unpaired) electrons. The Morgan fingerprint density at radius 2 is 1.79 bits per heavy atom. The van der Waals surface area contributed by atoms with Crippen molar-refractivity contribution in [1.29, 1.82) is 0 Å². The molecule has 2 atom stereocenters. The summed E-state index contributed by atoms with van der Waals surface area (Å²) in [5.74, 6) is 1.12. The number of hydrogen-bond acceptors (Lipinski definition) is 8. The number of alkyl halides is 1. The van der Waals surface area contributed by atoms with Gasteiger partial charge in [-0.05, 0) is 60.2 Å². The molecule has 1 saturated heterocycles. The van der Waals surface area contributed by atoms with Crippen LogP contribution in [-0.4, -0.2) is 48.7 Å². The maximum absolute atomic E-state index is 14.4. The molecule has 0 spiro atoms. The summed E-state index contributed by atoms with van der Waals surface area (Å²) in [6.07, 6.45) is 2.71. The van der Waals surface area contributed by atoms with Crippen LogP contribution in [0.3, 0.4) is 0 Å². The van der Waals surface area contributed by atoms with Crippen LogP contribution in [0, 0.1) is 6.92 Å². The molecule has 220 valence electrons. The lowest BCUT2D eigenvalue weighted by Gasteiger charge is -2.27. The average Bonchev–Trinajstić information content (AvgIpc) is 3.00. The number of sulfone groups is 1. The second-order valence-corrected chi connectivity index (χ2v) is 12.8. The zero-order valence-electron chi connectivity index (χ0n) is 23.7. The first-order valence-corrected chi connectivity index (χ1v) is 16.0. The van der Waals surface area contributed by atoms with E-state index in [0.29, 0.717) is 53.9 Å². The van der Waals surface area contributed by atoms with Gasteiger partial charge >= 0.3 is 0 Å². The number of ether oxygens (including phenoxy) is 1. The second kappa shape index (κ2) is 12.4. The van der Waals surface area contributed by atoms with Crippen molar-refractivity contribution in [2.45, 2.75) is 37.1 Å². The first kappa shape index (κ1) is 28.7. The zero-order chi connectivity index (χ0) is 29.8. The van der Waals surface area contributed by atoms with E-state index in [1.165, 1.54) is 0 Å². The highest BCUT2D eigenvalue weighted by molar-refractivity contribution is 7.89. The maximum Gasteiger partial charge on any atom is 0.228 e. The van der Waals surface area contributed by atoms with Crippen LogP contribution >= 0.6 is 0 Å². The summed E-state index contributed by atoms with van der Waals surface area (Å²) in [6.45, 7) is 3.08. The number of fused-ring (bicyclic) bond motifs is 1. The number of aryl methyl sites for hydroxylation is 1. The molecule has 2 unspecified atom stereocenters. The summed E-state index contributed by atoms with van der Waals surface area (Å²) in [5.41, 5.74) is 3.55. The summed E-state index contributed by atoms with van der Waals surface area (Å²) in [5, 5.41) is 7.89. The number of pyridine rings is 1. The van der Waals surface area contributed by atoms with Crippen molar-refractivity contribution >= 4 is 26.6 Å². The summed E-state index contributed by atoms with van der Waals surface area (Å²) >= 11 is 0. The molecule has 1 fully saturated rings. The van der Waals surface area contributed by atoms with Crippen molar-refractivity contribution in [2.75, 3.05) is 18.4 Å². The Balaban J connectivity index is 1.30. The average molecular weight is 598 g/mol. The van der Waals surface area contributed by atoms with Crippen LogP contribution in [0.25, 0.3) is 22.0 Å². The normalized spacial score (nSPS) is 17.1. The van der Waals surface area contributed by atoms with Gasteiger partial charge in [0.1, 0.15) is 11.9 Å². The summed E-state index contributed by atoms with van der Waals surface area (Å²) in [7, 11) is -3.42. The Bertz CT molecular complexity index is 1850. The van der Waals surface area contributed by atoms with E-state index in [1.54, 1.807) is 24.5 Å².